The van der Waals surface area contributed by atoms with Crippen molar-refractivity contribution in [2.24, 2.45) is 0 Å². The minimum absolute atomic E-state index is 0.112. The van der Waals surface area contributed by atoms with Crippen molar-refractivity contribution < 1.29 is 13.2 Å². The summed E-state index contributed by atoms with van der Waals surface area (Å²) in [6.07, 6.45) is 0. The van der Waals surface area contributed by atoms with E-state index < -0.39 is 15.9 Å². The lowest BCUT2D eigenvalue weighted by Crippen LogP contribution is -2.31. The highest BCUT2D eigenvalue weighted by molar-refractivity contribution is 7.92. The topological polar surface area (TPSA) is 79.4 Å². The molecule has 2 aromatic carbocycles. The van der Waals surface area contributed by atoms with Crippen LogP contribution in [-0.4, -0.2) is 25.9 Å². The number of carbonyl (C=O) groups is 1. The quantitative estimate of drug-likeness (QED) is 0.653. The zero-order valence-electron chi connectivity index (χ0n) is 15.8. The number of sulfonamides is 1. The van der Waals surface area contributed by atoms with Crippen molar-refractivity contribution in [1.82, 2.24) is 4.98 Å². The summed E-state index contributed by atoms with van der Waals surface area (Å²) in [7, 11) is -3.82. The van der Waals surface area contributed by atoms with E-state index in [4.69, 9.17) is 0 Å². The maximum Gasteiger partial charge on any atom is 0.264 e. The average Bonchev–Trinajstić information content (AvgIpc) is 3.07. The Balaban J connectivity index is 1.97. The molecule has 0 saturated carbocycles. The molecule has 0 aliphatic heterocycles. The van der Waals surface area contributed by atoms with Gasteiger partial charge in [0.05, 0.1) is 16.3 Å². The molecule has 0 aliphatic rings. The molecule has 3 rings (SSSR count). The summed E-state index contributed by atoms with van der Waals surface area (Å²) in [4.78, 5) is 16.9. The van der Waals surface area contributed by atoms with Gasteiger partial charge in [-0.15, -0.1) is 11.3 Å². The average molecular weight is 416 g/mol. The van der Waals surface area contributed by atoms with Crippen LogP contribution in [-0.2, 0) is 10.0 Å². The molecular weight excluding hydrogens is 394 g/mol. The number of thiazole rings is 1. The summed E-state index contributed by atoms with van der Waals surface area (Å²) >= 11 is 1.32. The maximum absolute atomic E-state index is 13.3. The van der Waals surface area contributed by atoms with Gasteiger partial charge in [0.25, 0.3) is 15.9 Å². The van der Waals surface area contributed by atoms with Crippen LogP contribution in [0.2, 0.25) is 0 Å². The second kappa shape index (κ2) is 8.12. The number of carbonyl (C=O) groups excluding carboxylic acids is 1. The number of amides is 1. The van der Waals surface area contributed by atoms with Crippen LogP contribution in [0.5, 0.6) is 0 Å². The van der Waals surface area contributed by atoms with Crippen LogP contribution in [0.1, 0.15) is 28.5 Å². The van der Waals surface area contributed by atoms with Crippen molar-refractivity contribution in [1.29, 1.82) is 0 Å². The van der Waals surface area contributed by atoms with Gasteiger partial charge in [-0.05, 0) is 50.6 Å². The van der Waals surface area contributed by atoms with Crippen molar-refractivity contribution in [2.75, 3.05) is 16.2 Å². The minimum Gasteiger partial charge on any atom is -0.298 e. The van der Waals surface area contributed by atoms with Crippen LogP contribution in [0.4, 0.5) is 10.8 Å². The zero-order chi connectivity index (χ0) is 20.3. The fourth-order valence-electron chi connectivity index (χ4n) is 2.80. The molecule has 146 valence electrons. The molecule has 1 aromatic heterocycles. The Kier molecular flexibility index (Phi) is 5.81. The van der Waals surface area contributed by atoms with Gasteiger partial charge < -0.3 is 0 Å². The van der Waals surface area contributed by atoms with E-state index in [9.17, 15) is 13.2 Å². The summed E-state index contributed by atoms with van der Waals surface area (Å²) < 4.78 is 27.9. The third kappa shape index (κ3) is 4.07. The monoisotopic (exact) mass is 415 g/mol. The van der Waals surface area contributed by atoms with E-state index in [1.54, 1.807) is 50.2 Å². The normalized spacial score (nSPS) is 11.2. The lowest BCUT2D eigenvalue weighted by Gasteiger charge is -2.24. The number of hydrogen-bond donors (Lipinski definition) is 1. The Morgan fingerprint density at radius 2 is 1.86 bits per heavy atom. The van der Waals surface area contributed by atoms with Crippen molar-refractivity contribution in [3.8, 4) is 0 Å². The fraction of sp³-hybridized carbons (Fsp3) is 0.200. The van der Waals surface area contributed by atoms with Crippen LogP contribution in [0, 0.1) is 13.8 Å². The molecular formula is C20H21N3O3S2. The number of para-hydroxylation sites is 1. The van der Waals surface area contributed by atoms with Crippen molar-refractivity contribution >= 4 is 38.1 Å². The van der Waals surface area contributed by atoms with Crippen molar-refractivity contribution in [2.45, 2.75) is 25.7 Å². The van der Waals surface area contributed by atoms with E-state index in [2.05, 4.69) is 10.3 Å². The number of aromatic nitrogens is 1. The largest absolute Gasteiger partial charge is 0.298 e. The highest BCUT2D eigenvalue weighted by Crippen LogP contribution is 2.26. The summed E-state index contributed by atoms with van der Waals surface area (Å²) in [5.41, 5.74) is 2.24. The second-order valence-corrected chi connectivity index (χ2v) is 8.92. The third-order valence-electron chi connectivity index (χ3n) is 4.19. The van der Waals surface area contributed by atoms with E-state index in [1.165, 1.54) is 21.7 Å². The van der Waals surface area contributed by atoms with E-state index in [1.807, 2.05) is 18.4 Å². The Morgan fingerprint density at radius 3 is 2.46 bits per heavy atom. The first-order chi connectivity index (χ1) is 13.3. The molecule has 0 aliphatic carbocycles. The third-order valence-corrected chi connectivity index (χ3v) is 7.11. The van der Waals surface area contributed by atoms with Gasteiger partial charge in [0.2, 0.25) is 0 Å². The number of hydrogen-bond acceptors (Lipinski definition) is 5. The molecule has 0 bridgehead atoms. The number of nitrogens with one attached hydrogen (secondary N) is 1. The van der Waals surface area contributed by atoms with E-state index in [0.717, 1.165) is 5.69 Å². The van der Waals surface area contributed by atoms with Crippen molar-refractivity contribution in [3.63, 3.8) is 0 Å². The van der Waals surface area contributed by atoms with Gasteiger partial charge in [-0.3, -0.25) is 14.4 Å². The van der Waals surface area contributed by atoms with Gasteiger partial charge in [0, 0.05) is 17.5 Å². The lowest BCUT2D eigenvalue weighted by atomic mass is 10.1. The smallest absolute Gasteiger partial charge is 0.264 e. The SMILES string of the molecule is CCN(c1ccccc1)S(=O)(=O)c1cc(C(=O)Nc2nc(C)cs2)ccc1C. The molecule has 3 aromatic rings. The second-order valence-electron chi connectivity index (χ2n) is 6.23. The summed E-state index contributed by atoms with van der Waals surface area (Å²) in [6.45, 7) is 5.62. The molecule has 1 amide bonds. The molecule has 0 spiro atoms. The highest BCUT2D eigenvalue weighted by atomic mass is 32.2. The highest BCUT2D eigenvalue weighted by Gasteiger charge is 2.26. The lowest BCUT2D eigenvalue weighted by molar-refractivity contribution is 0.102. The Hall–Kier alpha value is -2.71. The number of benzene rings is 2. The first kappa shape index (κ1) is 20.0. The van der Waals surface area contributed by atoms with Crippen LogP contribution in [0.15, 0.2) is 58.8 Å². The Labute approximate surface area is 168 Å². The minimum atomic E-state index is -3.82. The van der Waals surface area contributed by atoms with Crippen LogP contribution >= 0.6 is 11.3 Å². The number of rotatable bonds is 6. The molecule has 8 heteroatoms. The van der Waals surface area contributed by atoms with Gasteiger partial charge in [-0.25, -0.2) is 13.4 Å². The van der Waals surface area contributed by atoms with E-state index >= 15 is 0 Å². The molecule has 0 saturated heterocycles. The maximum atomic E-state index is 13.3. The summed E-state index contributed by atoms with van der Waals surface area (Å²) in [5, 5.41) is 5.02. The van der Waals surface area contributed by atoms with Crippen molar-refractivity contribution in [3.05, 3.63) is 70.7 Å². The van der Waals surface area contributed by atoms with E-state index in [-0.39, 0.29) is 17.0 Å². The Morgan fingerprint density at radius 1 is 1.14 bits per heavy atom. The van der Waals surface area contributed by atoms with Gasteiger partial charge in [-0.1, -0.05) is 24.3 Å². The summed E-state index contributed by atoms with van der Waals surface area (Å²) in [5.74, 6) is -0.395. The molecule has 0 fully saturated rings. The number of anilines is 2. The van der Waals surface area contributed by atoms with Gasteiger partial charge in [0.1, 0.15) is 0 Å². The van der Waals surface area contributed by atoms with Gasteiger partial charge in [0.15, 0.2) is 5.13 Å². The molecule has 1 N–H and O–H groups in total. The zero-order valence-corrected chi connectivity index (χ0v) is 17.5. The molecule has 6 nitrogen and oxygen atoms in total. The van der Waals surface area contributed by atoms with Crippen LogP contribution < -0.4 is 9.62 Å². The van der Waals surface area contributed by atoms with Gasteiger partial charge in [-0.2, -0.15) is 0 Å². The molecule has 28 heavy (non-hydrogen) atoms. The fourth-order valence-corrected chi connectivity index (χ4v) is 5.21. The number of nitrogens with zero attached hydrogens (tertiary/aromatic N) is 2. The molecule has 1 heterocycles. The molecule has 0 atom stereocenters. The van der Waals surface area contributed by atoms with E-state index in [0.29, 0.717) is 16.4 Å². The predicted molar refractivity (Wildman–Crippen MR) is 113 cm³/mol. The molecule has 0 radical (unpaired) electrons. The molecule has 0 unspecified atom stereocenters. The first-order valence-electron chi connectivity index (χ1n) is 8.75. The Bertz CT molecular complexity index is 1090. The van der Waals surface area contributed by atoms with Crippen LogP contribution in [0.3, 0.4) is 0 Å². The standard InChI is InChI=1S/C20H21N3O3S2/c1-4-23(17-8-6-5-7-9-17)28(25,26)18-12-16(11-10-14(18)2)19(24)22-20-21-15(3)13-27-20/h5-13H,4H2,1-3H3,(H,21,22,24). The van der Waals surface area contributed by atoms with Crippen LogP contribution in [0.25, 0.3) is 0 Å². The van der Waals surface area contributed by atoms with Gasteiger partial charge >= 0.3 is 0 Å². The first-order valence-corrected chi connectivity index (χ1v) is 11.1. The number of aryl methyl sites for hydroxylation is 2. The predicted octanol–water partition coefficient (Wildman–Crippen LogP) is 4.23. The summed E-state index contributed by atoms with van der Waals surface area (Å²) in [6, 6.07) is 13.6.